The minimum Gasteiger partial charge on any atom is -0.378 e. The summed E-state index contributed by atoms with van der Waals surface area (Å²) in [6.45, 7) is 3.51. The van der Waals surface area contributed by atoms with Crippen molar-refractivity contribution in [3.05, 3.63) is 70.6 Å². The zero-order valence-electron chi connectivity index (χ0n) is 13.9. The Bertz CT molecular complexity index is 918. The molecule has 1 aromatic carbocycles. The minimum atomic E-state index is -0.0742. The number of benzene rings is 1. The highest BCUT2D eigenvalue weighted by Gasteiger charge is 2.15. The first-order valence-corrected chi connectivity index (χ1v) is 8.44. The summed E-state index contributed by atoms with van der Waals surface area (Å²) in [7, 11) is 0. The molecule has 0 bridgehead atoms. The van der Waals surface area contributed by atoms with E-state index in [0.717, 1.165) is 18.8 Å². The number of nitrogens with one attached hydrogen (secondary N) is 1. The summed E-state index contributed by atoms with van der Waals surface area (Å²) in [4.78, 5) is 19.3. The molecule has 25 heavy (non-hydrogen) atoms. The van der Waals surface area contributed by atoms with E-state index in [1.165, 1.54) is 5.56 Å². The maximum absolute atomic E-state index is 12.5. The second kappa shape index (κ2) is 6.94. The predicted molar refractivity (Wildman–Crippen MR) is 98.3 cm³/mol. The Balaban J connectivity index is 1.68. The molecule has 0 saturated carbocycles. The van der Waals surface area contributed by atoms with Gasteiger partial charge in [0.1, 0.15) is 5.82 Å². The quantitative estimate of drug-likeness (QED) is 0.791. The van der Waals surface area contributed by atoms with Crippen LogP contribution in [-0.2, 0) is 11.3 Å². The summed E-state index contributed by atoms with van der Waals surface area (Å²) in [5.74, 6) is 0.710. The molecular formula is C19H20N4O2. The van der Waals surface area contributed by atoms with Gasteiger partial charge in [-0.2, -0.15) is 0 Å². The standard InChI is InChI=1S/C19H20N4O2/c24-18-13-17(22-9-11-25-12-10-22)21-19-16(7-4-8-23(18)19)20-14-15-5-2-1-3-6-15/h1-8,13,20H,9-12,14H2. The lowest BCUT2D eigenvalue weighted by atomic mass is 10.2. The van der Waals surface area contributed by atoms with Crippen molar-refractivity contribution in [1.29, 1.82) is 0 Å². The van der Waals surface area contributed by atoms with Crippen LogP contribution in [0.4, 0.5) is 11.5 Å². The Hall–Kier alpha value is -2.86. The van der Waals surface area contributed by atoms with Gasteiger partial charge in [0.2, 0.25) is 0 Å². The topological polar surface area (TPSA) is 58.9 Å². The first-order chi connectivity index (χ1) is 12.3. The average Bonchev–Trinajstić information content (AvgIpc) is 2.68. The zero-order chi connectivity index (χ0) is 17.1. The zero-order valence-corrected chi connectivity index (χ0v) is 13.9. The van der Waals surface area contributed by atoms with E-state index < -0.39 is 0 Å². The maximum atomic E-state index is 12.5. The van der Waals surface area contributed by atoms with Gasteiger partial charge in [0.25, 0.3) is 5.56 Å². The normalized spacial score (nSPS) is 14.6. The van der Waals surface area contributed by atoms with E-state index in [1.807, 2.05) is 30.3 Å². The molecule has 2 aromatic heterocycles. The Kier molecular flexibility index (Phi) is 4.35. The Labute approximate surface area is 145 Å². The van der Waals surface area contributed by atoms with Gasteiger partial charge in [0, 0.05) is 31.9 Å². The van der Waals surface area contributed by atoms with Crippen LogP contribution < -0.4 is 15.8 Å². The van der Waals surface area contributed by atoms with Crippen molar-refractivity contribution in [2.75, 3.05) is 36.5 Å². The molecule has 1 fully saturated rings. The summed E-state index contributed by atoms with van der Waals surface area (Å²) in [6.07, 6.45) is 1.75. The van der Waals surface area contributed by atoms with E-state index in [0.29, 0.717) is 31.2 Å². The monoisotopic (exact) mass is 336 g/mol. The van der Waals surface area contributed by atoms with Crippen molar-refractivity contribution in [2.45, 2.75) is 6.54 Å². The number of fused-ring (bicyclic) bond motifs is 1. The molecule has 128 valence electrons. The van der Waals surface area contributed by atoms with Crippen LogP contribution in [0.2, 0.25) is 0 Å². The highest BCUT2D eigenvalue weighted by molar-refractivity contribution is 5.69. The molecule has 0 unspecified atom stereocenters. The lowest BCUT2D eigenvalue weighted by Gasteiger charge is -2.27. The van der Waals surface area contributed by atoms with Gasteiger partial charge in [0.05, 0.1) is 18.9 Å². The Morgan fingerprint density at radius 3 is 2.68 bits per heavy atom. The summed E-state index contributed by atoms with van der Waals surface area (Å²) in [6, 6.07) is 15.6. The average molecular weight is 336 g/mol. The van der Waals surface area contributed by atoms with E-state index >= 15 is 0 Å². The van der Waals surface area contributed by atoms with Gasteiger partial charge in [-0.05, 0) is 17.7 Å². The first-order valence-electron chi connectivity index (χ1n) is 8.44. The number of hydrogen-bond donors (Lipinski definition) is 1. The molecule has 1 aliphatic rings. The van der Waals surface area contributed by atoms with Crippen LogP contribution in [0.1, 0.15) is 5.56 Å². The molecule has 4 rings (SSSR count). The fraction of sp³-hybridized carbons (Fsp3) is 0.263. The van der Waals surface area contributed by atoms with Crippen LogP contribution in [-0.4, -0.2) is 35.7 Å². The van der Waals surface area contributed by atoms with Crippen LogP contribution in [0.3, 0.4) is 0 Å². The molecule has 3 aromatic rings. The van der Waals surface area contributed by atoms with Crippen molar-refractivity contribution >= 4 is 17.2 Å². The molecule has 3 heterocycles. The van der Waals surface area contributed by atoms with Crippen LogP contribution >= 0.6 is 0 Å². The van der Waals surface area contributed by atoms with Crippen molar-refractivity contribution < 1.29 is 4.74 Å². The second-order valence-corrected chi connectivity index (χ2v) is 6.01. The minimum absolute atomic E-state index is 0.0742. The van der Waals surface area contributed by atoms with Gasteiger partial charge in [0.15, 0.2) is 5.65 Å². The van der Waals surface area contributed by atoms with Crippen LogP contribution in [0.5, 0.6) is 0 Å². The van der Waals surface area contributed by atoms with Crippen molar-refractivity contribution in [3.63, 3.8) is 0 Å². The fourth-order valence-electron chi connectivity index (χ4n) is 3.00. The van der Waals surface area contributed by atoms with E-state index in [2.05, 4.69) is 22.3 Å². The maximum Gasteiger partial charge on any atom is 0.260 e. The number of ether oxygens (including phenoxy) is 1. The first kappa shape index (κ1) is 15.7. The van der Waals surface area contributed by atoms with Gasteiger partial charge >= 0.3 is 0 Å². The van der Waals surface area contributed by atoms with E-state index in [1.54, 1.807) is 16.7 Å². The summed E-state index contributed by atoms with van der Waals surface area (Å²) < 4.78 is 6.97. The summed E-state index contributed by atoms with van der Waals surface area (Å²) in [5.41, 5.74) is 2.59. The summed E-state index contributed by atoms with van der Waals surface area (Å²) in [5, 5.41) is 3.40. The van der Waals surface area contributed by atoms with Gasteiger partial charge in [-0.25, -0.2) is 4.98 Å². The van der Waals surface area contributed by atoms with Crippen LogP contribution in [0, 0.1) is 0 Å². The van der Waals surface area contributed by atoms with Crippen molar-refractivity contribution in [2.24, 2.45) is 0 Å². The molecule has 0 atom stereocenters. The number of rotatable bonds is 4. The molecule has 1 aliphatic heterocycles. The molecule has 1 saturated heterocycles. The summed E-state index contributed by atoms with van der Waals surface area (Å²) >= 11 is 0. The number of pyridine rings is 1. The van der Waals surface area contributed by atoms with Gasteiger partial charge in [-0.1, -0.05) is 30.3 Å². The van der Waals surface area contributed by atoms with E-state index in [9.17, 15) is 4.79 Å². The third kappa shape index (κ3) is 3.34. The number of morpholine rings is 1. The van der Waals surface area contributed by atoms with Crippen molar-refractivity contribution in [1.82, 2.24) is 9.38 Å². The van der Waals surface area contributed by atoms with Crippen LogP contribution in [0.15, 0.2) is 59.5 Å². The Morgan fingerprint density at radius 2 is 1.88 bits per heavy atom. The second-order valence-electron chi connectivity index (χ2n) is 6.01. The van der Waals surface area contributed by atoms with Crippen LogP contribution in [0.25, 0.3) is 5.65 Å². The van der Waals surface area contributed by atoms with Gasteiger partial charge in [-0.3, -0.25) is 9.20 Å². The molecule has 1 N–H and O–H groups in total. The highest BCUT2D eigenvalue weighted by Crippen LogP contribution is 2.18. The smallest absolute Gasteiger partial charge is 0.260 e. The molecule has 6 nitrogen and oxygen atoms in total. The third-order valence-corrected chi connectivity index (χ3v) is 4.34. The lowest BCUT2D eigenvalue weighted by molar-refractivity contribution is 0.122. The SMILES string of the molecule is O=c1cc(N2CCOCC2)nc2c(NCc3ccccc3)cccn12. The van der Waals surface area contributed by atoms with Gasteiger partial charge < -0.3 is 15.0 Å². The highest BCUT2D eigenvalue weighted by atomic mass is 16.5. The number of hydrogen-bond acceptors (Lipinski definition) is 5. The van der Waals surface area contributed by atoms with Crippen molar-refractivity contribution in [3.8, 4) is 0 Å². The number of anilines is 2. The molecule has 6 heteroatoms. The van der Waals surface area contributed by atoms with E-state index in [-0.39, 0.29) is 5.56 Å². The largest absolute Gasteiger partial charge is 0.378 e. The molecular weight excluding hydrogens is 316 g/mol. The molecule has 0 amide bonds. The molecule has 0 radical (unpaired) electrons. The number of aromatic nitrogens is 2. The number of nitrogens with zero attached hydrogens (tertiary/aromatic N) is 3. The predicted octanol–water partition coefficient (Wildman–Crippen LogP) is 2.14. The molecule has 0 spiro atoms. The van der Waals surface area contributed by atoms with Gasteiger partial charge in [-0.15, -0.1) is 0 Å². The fourth-order valence-corrected chi connectivity index (χ4v) is 3.00. The third-order valence-electron chi connectivity index (χ3n) is 4.34. The molecule has 0 aliphatic carbocycles. The lowest BCUT2D eigenvalue weighted by Crippen LogP contribution is -2.37. The van der Waals surface area contributed by atoms with E-state index in [4.69, 9.17) is 9.72 Å². The Morgan fingerprint density at radius 1 is 1.08 bits per heavy atom.